The van der Waals surface area contributed by atoms with Crippen molar-refractivity contribution in [2.24, 2.45) is 5.73 Å². The first kappa shape index (κ1) is 10.4. The smallest absolute Gasteiger partial charge is 0.320 e. The van der Waals surface area contributed by atoms with E-state index >= 15 is 0 Å². The number of hydrogen-bond acceptors (Lipinski definition) is 3. The normalized spacial score (nSPS) is 14.5. The van der Waals surface area contributed by atoms with Crippen LogP contribution in [0.4, 0.5) is 0 Å². The fourth-order valence-corrected chi connectivity index (χ4v) is 0.503. The Morgan fingerprint density at radius 3 is 2.45 bits per heavy atom. The molecule has 0 aromatic carbocycles. The van der Waals surface area contributed by atoms with Crippen molar-refractivity contribution in [2.45, 2.75) is 32.4 Å². The van der Waals surface area contributed by atoms with Crippen LogP contribution in [-0.2, 0) is 4.79 Å². The van der Waals surface area contributed by atoms with Crippen LogP contribution in [0.2, 0.25) is 0 Å². The first-order chi connectivity index (χ1) is 4.83. The summed E-state index contributed by atoms with van der Waals surface area (Å²) in [4.78, 5) is 10.3. The van der Waals surface area contributed by atoms with E-state index in [1.165, 1.54) is 0 Å². The zero-order chi connectivity index (χ0) is 9.07. The van der Waals surface area contributed by atoms with Crippen molar-refractivity contribution >= 4 is 5.97 Å². The Kier molecular flexibility index (Phi) is 3.48. The van der Waals surface area contributed by atoms with Crippen LogP contribution in [0.25, 0.3) is 0 Å². The third-order valence-corrected chi connectivity index (χ3v) is 1.23. The van der Waals surface area contributed by atoms with Crippen LogP contribution in [0, 0.1) is 0 Å². The molecule has 0 saturated heterocycles. The van der Waals surface area contributed by atoms with E-state index in [0.717, 1.165) is 0 Å². The van der Waals surface area contributed by atoms with E-state index < -0.39 is 12.0 Å². The maximum atomic E-state index is 10.3. The molecule has 0 radical (unpaired) electrons. The Morgan fingerprint density at radius 1 is 1.73 bits per heavy atom. The quantitative estimate of drug-likeness (QED) is 0.531. The molecule has 0 aliphatic heterocycles. The average Bonchev–Trinajstić information content (AvgIpc) is 1.80. The summed E-state index contributed by atoms with van der Waals surface area (Å²) in [6, 6.07) is -0.530. The molecule has 0 fully saturated rings. The van der Waals surface area contributed by atoms with Crippen molar-refractivity contribution in [3.05, 3.63) is 0 Å². The molecular formula is C7H16N2O2. The molecule has 0 aliphatic carbocycles. The SMILES string of the molecule is CC(NCC(C)(C)N)C(=O)O. The molecule has 0 heterocycles. The van der Waals surface area contributed by atoms with Gasteiger partial charge >= 0.3 is 5.97 Å². The molecule has 11 heavy (non-hydrogen) atoms. The molecule has 0 saturated carbocycles. The van der Waals surface area contributed by atoms with Crippen molar-refractivity contribution in [1.29, 1.82) is 0 Å². The van der Waals surface area contributed by atoms with Gasteiger partial charge in [-0.2, -0.15) is 0 Å². The molecule has 4 nitrogen and oxygen atoms in total. The van der Waals surface area contributed by atoms with Crippen molar-refractivity contribution in [2.75, 3.05) is 6.54 Å². The summed E-state index contributed by atoms with van der Waals surface area (Å²) < 4.78 is 0. The number of carboxylic acid groups (broad SMARTS) is 1. The molecule has 0 aromatic rings. The lowest BCUT2D eigenvalue weighted by Crippen LogP contribution is -2.47. The van der Waals surface area contributed by atoms with E-state index in [1.54, 1.807) is 6.92 Å². The predicted molar refractivity (Wildman–Crippen MR) is 43.4 cm³/mol. The van der Waals surface area contributed by atoms with E-state index in [4.69, 9.17) is 10.8 Å². The van der Waals surface area contributed by atoms with Crippen LogP contribution < -0.4 is 11.1 Å². The Hall–Kier alpha value is -0.610. The Labute approximate surface area is 66.8 Å². The van der Waals surface area contributed by atoms with Gasteiger partial charge in [0.2, 0.25) is 0 Å². The fraction of sp³-hybridized carbons (Fsp3) is 0.857. The zero-order valence-electron chi connectivity index (χ0n) is 7.22. The van der Waals surface area contributed by atoms with Gasteiger partial charge in [-0.15, -0.1) is 0 Å². The Balaban J connectivity index is 3.63. The monoisotopic (exact) mass is 160 g/mol. The van der Waals surface area contributed by atoms with E-state index in [1.807, 2.05) is 13.8 Å². The van der Waals surface area contributed by atoms with Crippen LogP contribution in [-0.4, -0.2) is 29.2 Å². The van der Waals surface area contributed by atoms with E-state index in [9.17, 15) is 4.79 Å². The van der Waals surface area contributed by atoms with Gasteiger partial charge < -0.3 is 16.2 Å². The standard InChI is InChI=1S/C7H16N2O2/c1-5(6(10)11)9-4-7(2,3)8/h5,9H,4,8H2,1-3H3,(H,10,11). The third kappa shape index (κ3) is 5.82. The molecule has 4 heteroatoms. The second kappa shape index (κ2) is 3.69. The van der Waals surface area contributed by atoms with Crippen molar-refractivity contribution in [1.82, 2.24) is 5.32 Å². The molecule has 4 N–H and O–H groups in total. The van der Waals surface area contributed by atoms with Gasteiger partial charge in [0, 0.05) is 12.1 Å². The number of carbonyl (C=O) groups is 1. The van der Waals surface area contributed by atoms with Gasteiger partial charge in [0.05, 0.1) is 0 Å². The molecule has 0 aromatic heterocycles. The molecule has 0 spiro atoms. The summed E-state index contributed by atoms with van der Waals surface area (Å²) in [5.74, 6) is -0.853. The number of carboxylic acids is 1. The highest BCUT2D eigenvalue weighted by molar-refractivity contribution is 5.72. The predicted octanol–water partition coefficient (Wildman–Crippen LogP) is -0.214. The summed E-state index contributed by atoms with van der Waals surface area (Å²) in [7, 11) is 0. The topological polar surface area (TPSA) is 75.3 Å². The minimum absolute atomic E-state index is 0.357. The van der Waals surface area contributed by atoms with Crippen LogP contribution >= 0.6 is 0 Å². The largest absolute Gasteiger partial charge is 0.480 e. The van der Waals surface area contributed by atoms with Crippen LogP contribution in [0.3, 0.4) is 0 Å². The number of hydrogen-bond donors (Lipinski definition) is 3. The Bertz CT molecular complexity index is 140. The average molecular weight is 160 g/mol. The van der Waals surface area contributed by atoms with Gasteiger partial charge in [-0.25, -0.2) is 0 Å². The lowest BCUT2D eigenvalue weighted by molar-refractivity contribution is -0.139. The van der Waals surface area contributed by atoms with Crippen molar-refractivity contribution in [3.8, 4) is 0 Å². The number of rotatable bonds is 4. The number of nitrogens with one attached hydrogen (secondary N) is 1. The van der Waals surface area contributed by atoms with E-state index in [-0.39, 0.29) is 5.54 Å². The minimum Gasteiger partial charge on any atom is -0.480 e. The van der Waals surface area contributed by atoms with Gasteiger partial charge in [0.15, 0.2) is 0 Å². The Morgan fingerprint density at radius 2 is 2.18 bits per heavy atom. The maximum absolute atomic E-state index is 10.3. The highest BCUT2D eigenvalue weighted by atomic mass is 16.4. The highest BCUT2D eigenvalue weighted by Crippen LogP contribution is 1.93. The first-order valence-corrected chi connectivity index (χ1v) is 3.58. The first-order valence-electron chi connectivity index (χ1n) is 3.58. The zero-order valence-corrected chi connectivity index (χ0v) is 7.22. The molecule has 0 rings (SSSR count). The lowest BCUT2D eigenvalue weighted by atomic mass is 10.1. The van der Waals surface area contributed by atoms with E-state index in [2.05, 4.69) is 5.32 Å². The summed E-state index contributed by atoms with van der Waals surface area (Å²) >= 11 is 0. The number of nitrogens with two attached hydrogens (primary N) is 1. The highest BCUT2D eigenvalue weighted by Gasteiger charge is 2.15. The number of aliphatic carboxylic acids is 1. The van der Waals surface area contributed by atoms with Gasteiger partial charge in [0.1, 0.15) is 6.04 Å². The molecule has 1 unspecified atom stereocenters. The molecule has 0 bridgehead atoms. The van der Waals surface area contributed by atoms with Gasteiger partial charge in [-0.3, -0.25) is 4.79 Å². The third-order valence-electron chi connectivity index (χ3n) is 1.23. The van der Waals surface area contributed by atoms with Crippen molar-refractivity contribution in [3.63, 3.8) is 0 Å². The molecular weight excluding hydrogens is 144 g/mol. The summed E-state index contributed by atoms with van der Waals surface area (Å²) in [6.07, 6.45) is 0. The lowest BCUT2D eigenvalue weighted by Gasteiger charge is -2.20. The second-order valence-corrected chi connectivity index (χ2v) is 3.43. The summed E-state index contributed by atoms with van der Waals surface area (Å²) in [5, 5.41) is 11.3. The molecule has 0 aliphatic rings. The maximum Gasteiger partial charge on any atom is 0.320 e. The van der Waals surface area contributed by atoms with Crippen molar-refractivity contribution < 1.29 is 9.90 Å². The molecule has 66 valence electrons. The molecule has 0 amide bonds. The van der Waals surface area contributed by atoms with Gasteiger partial charge in [-0.1, -0.05) is 0 Å². The minimum atomic E-state index is -0.853. The van der Waals surface area contributed by atoms with Gasteiger partial charge in [0.25, 0.3) is 0 Å². The fourth-order valence-electron chi connectivity index (χ4n) is 0.503. The van der Waals surface area contributed by atoms with Crippen LogP contribution in [0.15, 0.2) is 0 Å². The van der Waals surface area contributed by atoms with E-state index in [0.29, 0.717) is 6.54 Å². The second-order valence-electron chi connectivity index (χ2n) is 3.43. The van der Waals surface area contributed by atoms with Crippen LogP contribution in [0.5, 0.6) is 0 Å². The summed E-state index contributed by atoms with van der Waals surface area (Å²) in [6.45, 7) is 5.78. The van der Waals surface area contributed by atoms with Gasteiger partial charge in [-0.05, 0) is 20.8 Å². The van der Waals surface area contributed by atoms with Crippen LogP contribution in [0.1, 0.15) is 20.8 Å². The summed E-state index contributed by atoms with van der Waals surface area (Å²) in [5.41, 5.74) is 5.27. The molecule has 1 atom stereocenters.